The molecule has 1 amide bonds. The van der Waals surface area contributed by atoms with Crippen molar-refractivity contribution in [3.63, 3.8) is 0 Å². The number of hydrogen-bond acceptors (Lipinski definition) is 4. The molecule has 0 fully saturated rings. The number of amides is 1. The number of rotatable bonds is 5. The molecule has 3 rings (SSSR count). The van der Waals surface area contributed by atoms with Crippen LogP contribution in [-0.4, -0.2) is 15.9 Å². The van der Waals surface area contributed by atoms with E-state index in [1.807, 2.05) is 6.07 Å². The fraction of sp³-hybridized carbons (Fsp3) is 0.211. The van der Waals surface area contributed by atoms with Gasteiger partial charge in [0.1, 0.15) is 0 Å². The second kappa shape index (κ2) is 7.70. The van der Waals surface area contributed by atoms with Crippen LogP contribution in [0.3, 0.4) is 0 Å². The van der Waals surface area contributed by atoms with Crippen LogP contribution in [0.4, 0.5) is 13.9 Å². The number of anilines is 1. The Labute approximate surface area is 153 Å². The standard InChI is InChI=1S/C19H17F2N3OS/c1-11(2)18(25)24-19-23-10-15(26-19)14-8-5-9-22-16(14)12-6-3-4-7-13(12)17(20)21/h3-11,17H,1-2H3,(H,23,24,25). The van der Waals surface area contributed by atoms with E-state index in [2.05, 4.69) is 15.3 Å². The van der Waals surface area contributed by atoms with Gasteiger partial charge in [-0.25, -0.2) is 13.8 Å². The number of alkyl halides is 2. The molecular formula is C19H17F2N3OS. The molecule has 2 heterocycles. The number of carbonyl (C=O) groups excluding carboxylic acids is 1. The number of benzene rings is 1. The lowest BCUT2D eigenvalue weighted by atomic mass is 10.00. The van der Waals surface area contributed by atoms with Gasteiger partial charge in [-0.3, -0.25) is 9.78 Å². The van der Waals surface area contributed by atoms with E-state index in [0.29, 0.717) is 22.0 Å². The summed E-state index contributed by atoms with van der Waals surface area (Å²) < 4.78 is 26.8. The highest BCUT2D eigenvalue weighted by molar-refractivity contribution is 7.19. The Hall–Kier alpha value is -2.67. The summed E-state index contributed by atoms with van der Waals surface area (Å²) in [7, 11) is 0. The van der Waals surface area contributed by atoms with E-state index >= 15 is 0 Å². The molecule has 0 spiro atoms. The highest BCUT2D eigenvalue weighted by atomic mass is 32.1. The summed E-state index contributed by atoms with van der Waals surface area (Å²) in [5.41, 5.74) is 1.49. The quantitative estimate of drug-likeness (QED) is 0.651. The van der Waals surface area contributed by atoms with Crippen molar-refractivity contribution in [1.82, 2.24) is 9.97 Å². The minimum atomic E-state index is -2.59. The first-order valence-electron chi connectivity index (χ1n) is 8.07. The Morgan fingerprint density at radius 1 is 1.08 bits per heavy atom. The first-order valence-corrected chi connectivity index (χ1v) is 8.88. The van der Waals surface area contributed by atoms with E-state index in [9.17, 15) is 13.6 Å². The van der Waals surface area contributed by atoms with Gasteiger partial charge in [-0.05, 0) is 12.1 Å². The van der Waals surface area contributed by atoms with Gasteiger partial charge in [-0.1, -0.05) is 49.4 Å². The average molecular weight is 373 g/mol. The first kappa shape index (κ1) is 18.1. The van der Waals surface area contributed by atoms with Crippen molar-refractivity contribution >= 4 is 22.4 Å². The van der Waals surface area contributed by atoms with Gasteiger partial charge >= 0.3 is 0 Å². The number of pyridine rings is 1. The van der Waals surface area contributed by atoms with Crippen molar-refractivity contribution in [3.8, 4) is 21.7 Å². The normalized spacial score (nSPS) is 11.2. The molecule has 0 saturated heterocycles. The number of nitrogens with one attached hydrogen (secondary N) is 1. The molecule has 2 aromatic heterocycles. The fourth-order valence-electron chi connectivity index (χ4n) is 2.43. The minimum Gasteiger partial charge on any atom is -0.302 e. The van der Waals surface area contributed by atoms with Crippen LogP contribution in [0.1, 0.15) is 25.8 Å². The van der Waals surface area contributed by atoms with Crippen LogP contribution in [0.5, 0.6) is 0 Å². The Morgan fingerprint density at radius 3 is 2.54 bits per heavy atom. The summed E-state index contributed by atoms with van der Waals surface area (Å²) in [4.78, 5) is 21.1. The molecule has 134 valence electrons. The number of carbonyl (C=O) groups is 1. The first-order chi connectivity index (χ1) is 12.5. The Kier molecular flexibility index (Phi) is 5.37. The molecule has 0 aliphatic carbocycles. The highest BCUT2D eigenvalue weighted by Crippen LogP contribution is 2.38. The van der Waals surface area contributed by atoms with Crippen LogP contribution in [0, 0.1) is 5.92 Å². The largest absolute Gasteiger partial charge is 0.302 e. The molecule has 0 aliphatic rings. The maximum Gasteiger partial charge on any atom is 0.264 e. The van der Waals surface area contributed by atoms with Gasteiger partial charge < -0.3 is 5.32 Å². The highest BCUT2D eigenvalue weighted by Gasteiger charge is 2.19. The molecule has 0 radical (unpaired) electrons. The maximum atomic E-state index is 13.4. The third kappa shape index (κ3) is 3.77. The average Bonchev–Trinajstić information content (AvgIpc) is 3.10. The molecule has 0 bridgehead atoms. The third-order valence-electron chi connectivity index (χ3n) is 3.78. The van der Waals surface area contributed by atoms with Gasteiger partial charge in [-0.2, -0.15) is 0 Å². The van der Waals surface area contributed by atoms with Crippen LogP contribution >= 0.6 is 11.3 Å². The summed E-state index contributed by atoms with van der Waals surface area (Å²) >= 11 is 1.28. The summed E-state index contributed by atoms with van der Waals surface area (Å²) in [6, 6.07) is 9.89. The molecule has 1 N–H and O–H groups in total. The van der Waals surface area contributed by atoms with Crippen molar-refractivity contribution in [1.29, 1.82) is 0 Å². The predicted octanol–water partition coefficient (Wildman–Crippen LogP) is 5.40. The predicted molar refractivity (Wildman–Crippen MR) is 99.2 cm³/mol. The molecule has 1 aromatic carbocycles. The van der Waals surface area contributed by atoms with E-state index in [-0.39, 0.29) is 17.4 Å². The number of thiazole rings is 1. The van der Waals surface area contributed by atoms with Gasteiger partial charge in [-0.15, -0.1) is 0 Å². The topological polar surface area (TPSA) is 54.9 Å². The van der Waals surface area contributed by atoms with E-state index in [1.54, 1.807) is 50.5 Å². The number of nitrogens with zero attached hydrogens (tertiary/aromatic N) is 2. The summed E-state index contributed by atoms with van der Waals surface area (Å²) in [5.74, 6) is -0.283. The Morgan fingerprint density at radius 2 is 1.81 bits per heavy atom. The number of aromatic nitrogens is 2. The van der Waals surface area contributed by atoms with Crippen LogP contribution in [0.25, 0.3) is 21.7 Å². The molecule has 7 heteroatoms. The molecule has 0 aliphatic heterocycles. The zero-order valence-corrected chi connectivity index (χ0v) is 15.1. The van der Waals surface area contributed by atoms with Crippen LogP contribution in [0.2, 0.25) is 0 Å². The van der Waals surface area contributed by atoms with E-state index in [4.69, 9.17) is 0 Å². The van der Waals surface area contributed by atoms with Crippen LogP contribution in [-0.2, 0) is 4.79 Å². The second-order valence-corrected chi connectivity index (χ2v) is 6.99. The van der Waals surface area contributed by atoms with Gasteiger partial charge in [0.2, 0.25) is 5.91 Å². The molecule has 0 saturated carbocycles. The molecule has 0 atom stereocenters. The van der Waals surface area contributed by atoms with Crippen molar-refractivity contribution < 1.29 is 13.6 Å². The monoisotopic (exact) mass is 373 g/mol. The minimum absolute atomic E-state index is 0.0645. The van der Waals surface area contributed by atoms with Crippen LogP contribution in [0.15, 0.2) is 48.8 Å². The molecule has 26 heavy (non-hydrogen) atoms. The molecule has 0 unspecified atom stereocenters. The van der Waals surface area contributed by atoms with Gasteiger partial charge in [0.25, 0.3) is 6.43 Å². The smallest absolute Gasteiger partial charge is 0.264 e. The summed E-state index contributed by atoms with van der Waals surface area (Å²) in [6.07, 6.45) is 0.596. The summed E-state index contributed by atoms with van der Waals surface area (Å²) in [5, 5.41) is 3.22. The van der Waals surface area contributed by atoms with Gasteiger partial charge in [0.15, 0.2) is 5.13 Å². The SMILES string of the molecule is CC(C)C(=O)Nc1ncc(-c2cccnc2-c2ccccc2C(F)F)s1. The lowest BCUT2D eigenvalue weighted by Crippen LogP contribution is -2.17. The number of hydrogen-bond donors (Lipinski definition) is 1. The Balaban J connectivity index is 2.02. The lowest BCUT2D eigenvalue weighted by molar-refractivity contribution is -0.118. The third-order valence-corrected chi connectivity index (χ3v) is 4.73. The van der Waals surface area contributed by atoms with E-state index in [1.165, 1.54) is 17.4 Å². The second-order valence-electron chi connectivity index (χ2n) is 5.96. The lowest BCUT2D eigenvalue weighted by Gasteiger charge is -2.11. The molecule has 4 nitrogen and oxygen atoms in total. The molecule has 3 aromatic rings. The van der Waals surface area contributed by atoms with Gasteiger partial charge in [0, 0.05) is 35.0 Å². The van der Waals surface area contributed by atoms with Crippen molar-refractivity contribution in [2.75, 3.05) is 5.32 Å². The molecular weight excluding hydrogens is 356 g/mol. The zero-order chi connectivity index (χ0) is 18.7. The number of halogens is 2. The van der Waals surface area contributed by atoms with Crippen molar-refractivity contribution in [3.05, 3.63) is 54.4 Å². The van der Waals surface area contributed by atoms with E-state index < -0.39 is 6.43 Å². The van der Waals surface area contributed by atoms with Crippen LogP contribution < -0.4 is 5.32 Å². The Bertz CT molecular complexity index is 924. The van der Waals surface area contributed by atoms with Crippen molar-refractivity contribution in [2.24, 2.45) is 5.92 Å². The van der Waals surface area contributed by atoms with Crippen molar-refractivity contribution in [2.45, 2.75) is 20.3 Å². The zero-order valence-electron chi connectivity index (χ0n) is 14.2. The fourth-order valence-corrected chi connectivity index (χ4v) is 3.27. The maximum absolute atomic E-state index is 13.4. The van der Waals surface area contributed by atoms with Gasteiger partial charge in [0.05, 0.1) is 10.6 Å². The summed E-state index contributed by atoms with van der Waals surface area (Å²) in [6.45, 7) is 3.59. The van der Waals surface area contributed by atoms with E-state index in [0.717, 1.165) is 4.88 Å².